The fraction of sp³-hybridized carbons (Fsp3) is 0.571. The molecule has 0 aliphatic heterocycles. The van der Waals surface area contributed by atoms with Crippen LogP contribution < -0.4 is 5.32 Å². The molecule has 2 heteroatoms. The maximum Gasteiger partial charge on any atom is 0.146 e. The van der Waals surface area contributed by atoms with Gasteiger partial charge in [-0.25, -0.2) is 0 Å². The van der Waals surface area contributed by atoms with E-state index < -0.39 is 0 Å². The molecule has 0 radical (unpaired) electrons. The summed E-state index contributed by atoms with van der Waals surface area (Å²) in [5.74, 6) is 0.248. The van der Waals surface area contributed by atoms with Crippen molar-refractivity contribution in [2.75, 3.05) is 13.6 Å². The number of allylic oxidation sites excluding steroid dienone is 1. The second kappa shape index (κ2) is 5.51. The van der Waals surface area contributed by atoms with Crippen LogP contribution in [0.25, 0.3) is 0 Å². The Morgan fingerprint density at radius 3 is 2.89 bits per heavy atom. The Hall–Kier alpha value is -0.630. The lowest BCUT2D eigenvalue weighted by Crippen LogP contribution is -2.17. The zero-order chi connectivity index (χ0) is 7.11. The second-order valence-corrected chi connectivity index (χ2v) is 1.90. The van der Waals surface area contributed by atoms with Crippen molar-refractivity contribution in [2.45, 2.75) is 12.8 Å². The van der Waals surface area contributed by atoms with Crippen LogP contribution in [0.4, 0.5) is 0 Å². The van der Waals surface area contributed by atoms with Crippen LogP contribution in [0.15, 0.2) is 12.7 Å². The highest BCUT2D eigenvalue weighted by Crippen LogP contribution is 1.88. The van der Waals surface area contributed by atoms with Crippen molar-refractivity contribution >= 4 is 5.78 Å². The maximum absolute atomic E-state index is 10.7. The molecule has 0 aliphatic rings. The van der Waals surface area contributed by atoms with Gasteiger partial charge in [0.25, 0.3) is 0 Å². The van der Waals surface area contributed by atoms with Gasteiger partial charge in [0, 0.05) is 6.42 Å². The van der Waals surface area contributed by atoms with Crippen molar-refractivity contribution in [3.8, 4) is 0 Å². The number of carbonyl (C=O) groups excluding carboxylic acids is 1. The van der Waals surface area contributed by atoms with Gasteiger partial charge in [-0.05, 0) is 13.5 Å². The van der Waals surface area contributed by atoms with E-state index >= 15 is 0 Å². The molecule has 0 unspecified atom stereocenters. The molecule has 0 fully saturated rings. The molecule has 2 nitrogen and oxygen atoms in total. The van der Waals surface area contributed by atoms with Gasteiger partial charge in [0.15, 0.2) is 0 Å². The smallest absolute Gasteiger partial charge is 0.146 e. The van der Waals surface area contributed by atoms with Crippen LogP contribution in [0.3, 0.4) is 0 Å². The van der Waals surface area contributed by atoms with Crippen LogP contribution in [0, 0.1) is 0 Å². The van der Waals surface area contributed by atoms with E-state index in [2.05, 4.69) is 11.9 Å². The molecule has 9 heavy (non-hydrogen) atoms. The third kappa shape index (κ3) is 5.24. The predicted molar refractivity (Wildman–Crippen MR) is 38.4 cm³/mol. The van der Waals surface area contributed by atoms with Crippen molar-refractivity contribution < 1.29 is 4.79 Å². The number of hydrogen-bond acceptors (Lipinski definition) is 2. The molecule has 0 spiro atoms. The van der Waals surface area contributed by atoms with Gasteiger partial charge in [-0.3, -0.25) is 4.79 Å². The molecule has 0 aromatic carbocycles. The highest BCUT2D eigenvalue weighted by molar-refractivity contribution is 5.80. The molecule has 52 valence electrons. The minimum absolute atomic E-state index is 0.248. The SMILES string of the molecule is C=CCCC(=O)CNC. The fourth-order valence-electron chi connectivity index (χ4n) is 0.549. The summed E-state index contributed by atoms with van der Waals surface area (Å²) in [6, 6.07) is 0. The minimum atomic E-state index is 0.248. The monoisotopic (exact) mass is 127 g/mol. The number of nitrogens with one attached hydrogen (secondary N) is 1. The van der Waals surface area contributed by atoms with Crippen LogP contribution in [0.2, 0.25) is 0 Å². The van der Waals surface area contributed by atoms with Crippen LogP contribution in [0.1, 0.15) is 12.8 Å². The summed E-state index contributed by atoms with van der Waals surface area (Å²) in [6.07, 6.45) is 3.17. The summed E-state index contributed by atoms with van der Waals surface area (Å²) in [6.45, 7) is 4.00. The Morgan fingerprint density at radius 2 is 2.44 bits per heavy atom. The van der Waals surface area contributed by atoms with Gasteiger partial charge in [-0.15, -0.1) is 6.58 Å². The molecule has 0 aromatic rings. The summed E-state index contributed by atoms with van der Waals surface area (Å²) in [4.78, 5) is 10.7. The normalized spacial score (nSPS) is 9.00. The van der Waals surface area contributed by atoms with E-state index in [1.54, 1.807) is 13.1 Å². The number of Topliss-reactive ketones (excluding diaryl/α,β-unsaturated/α-hetero) is 1. The first-order valence-corrected chi connectivity index (χ1v) is 3.08. The number of ketones is 1. The third-order valence-corrected chi connectivity index (χ3v) is 1.00. The Kier molecular flexibility index (Phi) is 5.12. The van der Waals surface area contributed by atoms with Crippen LogP contribution in [0.5, 0.6) is 0 Å². The van der Waals surface area contributed by atoms with E-state index in [1.165, 1.54) is 0 Å². The maximum atomic E-state index is 10.7. The molecular formula is C7H13NO. The molecule has 0 aliphatic carbocycles. The van der Waals surface area contributed by atoms with Gasteiger partial charge < -0.3 is 5.32 Å². The molecule has 0 bridgehead atoms. The van der Waals surface area contributed by atoms with Gasteiger partial charge in [0.05, 0.1) is 6.54 Å². The van der Waals surface area contributed by atoms with Crippen molar-refractivity contribution in [3.63, 3.8) is 0 Å². The van der Waals surface area contributed by atoms with E-state index in [-0.39, 0.29) is 5.78 Å². The third-order valence-electron chi connectivity index (χ3n) is 1.00. The van der Waals surface area contributed by atoms with Crippen molar-refractivity contribution in [2.24, 2.45) is 0 Å². The molecule has 0 heterocycles. The van der Waals surface area contributed by atoms with Crippen LogP contribution >= 0.6 is 0 Å². The molecule has 0 saturated heterocycles. The Bertz CT molecular complexity index is 99.1. The number of hydrogen-bond donors (Lipinski definition) is 1. The van der Waals surface area contributed by atoms with Gasteiger partial charge in [-0.1, -0.05) is 6.08 Å². The first-order chi connectivity index (χ1) is 4.31. The predicted octanol–water partition coefficient (Wildman–Crippen LogP) is 0.741. The van der Waals surface area contributed by atoms with E-state index in [4.69, 9.17) is 0 Å². The summed E-state index contributed by atoms with van der Waals surface area (Å²) in [5.41, 5.74) is 0. The van der Waals surface area contributed by atoms with E-state index in [1.807, 2.05) is 0 Å². The lowest BCUT2D eigenvalue weighted by molar-refractivity contribution is -0.118. The Labute approximate surface area is 56.0 Å². The summed E-state index contributed by atoms with van der Waals surface area (Å²) >= 11 is 0. The lowest BCUT2D eigenvalue weighted by atomic mass is 10.2. The number of likely N-dealkylation sites (N-methyl/N-ethyl adjacent to an activating group) is 1. The number of carbonyl (C=O) groups is 1. The first-order valence-electron chi connectivity index (χ1n) is 3.08. The summed E-state index contributed by atoms with van der Waals surface area (Å²) in [5, 5.41) is 2.79. The standard InChI is InChI=1S/C7H13NO/c1-3-4-5-7(9)6-8-2/h3,8H,1,4-6H2,2H3. The largest absolute Gasteiger partial charge is 0.313 e. The molecule has 0 atom stereocenters. The fourth-order valence-corrected chi connectivity index (χ4v) is 0.549. The average Bonchev–Trinajstić information content (AvgIpc) is 1.85. The van der Waals surface area contributed by atoms with E-state index in [0.717, 1.165) is 6.42 Å². The summed E-state index contributed by atoms with van der Waals surface area (Å²) < 4.78 is 0. The molecule has 0 rings (SSSR count). The van der Waals surface area contributed by atoms with E-state index in [0.29, 0.717) is 13.0 Å². The van der Waals surface area contributed by atoms with Crippen LogP contribution in [-0.2, 0) is 4.79 Å². The van der Waals surface area contributed by atoms with Crippen molar-refractivity contribution in [3.05, 3.63) is 12.7 Å². The van der Waals surface area contributed by atoms with Crippen molar-refractivity contribution in [1.29, 1.82) is 0 Å². The van der Waals surface area contributed by atoms with Crippen molar-refractivity contribution in [1.82, 2.24) is 5.32 Å². The zero-order valence-corrected chi connectivity index (χ0v) is 5.81. The molecule has 0 amide bonds. The highest BCUT2D eigenvalue weighted by Gasteiger charge is 1.95. The molecular weight excluding hydrogens is 114 g/mol. The average molecular weight is 127 g/mol. The lowest BCUT2D eigenvalue weighted by Gasteiger charge is -1.94. The Balaban J connectivity index is 3.16. The van der Waals surface area contributed by atoms with Gasteiger partial charge in [0.2, 0.25) is 0 Å². The summed E-state index contributed by atoms with van der Waals surface area (Å²) in [7, 11) is 1.77. The van der Waals surface area contributed by atoms with Crippen LogP contribution in [-0.4, -0.2) is 19.4 Å². The van der Waals surface area contributed by atoms with Gasteiger partial charge in [0.1, 0.15) is 5.78 Å². The minimum Gasteiger partial charge on any atom is -0.313 e. The van der Waals surface area contributed by atoms with Gasteiger partial charge >= 0.3 is 0 Å². The highest BCUT2D eigenvalue weighted by atomic mass is 16.1. The first kappa shape index (κ1) is 8.37. The molecule has 0 saturated carbocycles. The van der Waals surface area contributed by atoms with E-state index in [9.17, 15) is 4.79 Å². The zero-order valence-electron chi connectivity index (χ0n) is 5.81. The van der Waals surface area contributed by atoms with Gasteiger partial charge in [-0.2, -0.15) is 0 Å². The molecule has 1 N–H and O–H groups in total. The Morgan fingerprint density at radius 1 is 1.78 bits per heavy atom. The molecule has 0 aromatic heterocycles. The quantitative estimate of drug-likeness (QED) is 0.552. The number of rotatable bonds is 5. The topological polar surface area (TPSA) is 29.1 Å². The second-order valence-electron chi connectivity index (χ2n) is 1.90.